The number of aryl methyl sites for hydroxylation is 1. The van der Waals surface area contributed by atoms with Gasteiger partial charge in [-0.3, -0.25) is 4.68 Å². The molecule has 1 aliphatic rings. The number of nitrogens with zero attached hydrogens (tertiary/aromatic N) is 4. The van der Waals surface area contributed by atoms with Crippen LogP contribution >= 0.6 is 0 Å². The van der Waals surface area contributed by atoms with Crippen LogP contribution in [0.5, 0.6) is 0 Å². The third kappa shape index (κ3) is 3.52. The highest BCUT2D eigenvalue weighted by Gasteiger charge is 2.64. The Morgan fingerprint density at radius 2 is 1.74 bits per heavy atom. The van der Waals surface area contributed by atoms with Crippen molar-refractivity contribution in [2.24, 2.45) is 0 Å². The molecule has 158 valence electrons. The van der Waals surface area contributed by atoms with Crippen LogP contribution in [0.1, 0.15) is 29.7 Å². The lowest BCUT2D eigenvalue weighted by atomic mass is 9.94. The second-order valence-electron chi connectivity index (χ2n) is 7.89. The molecule has 1 aliphatic carbocycles. The minimum Gasteiger partial charge on any atom is -0.332 e. The van der Waals surface area contributed by atoms with Gasteiger partial charge in [-0.05, 0) is 37.0 Å². The smallest absolute Gasteiger partial charge is 0.332 e. The van der Waals surface area contributed by atoms with Crippen LogP contribution in [0.15, 0.2) is 65.2 Å². The zero-order valence-electron chi connectivity index (χ0n) is 16.7. The van der Waals surface area contributed by atoms with Gasteiger partial charge in [-0.2, -0.15) is 23.3 Å². The molecule has 0 N–H and O–H groups in total. The molecule has 0 bridgehead atoms. The van der Waals surface area contributed by atoms with Crippen molar-refractivity contribution >= 4 is 0 Å². The lowest BCUT2D eigenvalue weighted by molar-refractivity contribution is -0.160. The molecule has 2 aromatic heterocycles. The van der Waals surface area contributed by atoms with E-state index >= 15 is 0 Å². The maximum atomic E-state index is 13.3. The summed E-state index contributed by atoms with van der Waals surface area (Å²) in [6.45, 7) is 2.57. The summed E-state index contributed by atoms with van der Waals surface area (Å²) in [6, 6.07) is 18.1. The summed E-state index contributed by atoms with van der Waals surface area (Å²) in [6.07, 6.45) is -3.97. The molecule has 8 heteroatoms. The quantitative estimate of drug-likeness (QED) is 0.421. The van der Waals surface area contributed by atoms with Gasteiger partial charge in [-0.25, -0.2) is 0 Å². The Hall–Kier alpha value is -3.42. The van der Waals surface area contributed by atoms with Gasteiger partial charge in [0.1, 0.15) is 0 Å². The van der Waals surface area contributed by atoms with Crippen LogP contribution in [-0.4, -0.2) is 26.1 Å². The van der Waals surface area contributed by atoms with E-state index < -0.39 is 11.6 Å². The fourth-order valence-corrected chi connectivity index (χ4v) is 3.77. The van der Waals surface area contributed by atoms with Gasteiger partial charge in [0.05, 0.1) is 12.0 Å². The molecule has 2 aromatic carbocycles. The second kappa shape index (κ2) is 7.08. The highest BCUT2D eigenvalue weighted by molar-refractivity contribution is 5.59. The summed E-state index contributed by atoms with van der Waals surface area (Å²) in [5, 5.41) is 8.54. The Balaban J connectivity index is 1.37. The third-order valence-corrected chi connectivity index (χ3v) is 5.79. The first-order valence-corrected chi connectivity index (χ1v) is 9.96. The molecule has 0 amide bonds. The molecule has 0 atom stereocenters. The maximum Gasteiger partial charge on any atom is 0.398 e. The van der Waals surface area contributed by atoms with Crippen molar-refractivity contribution in [1.82, 2.24) is 19.9 Å². The fraction of sp³-hybridized carbons (Fsp3) is 0.261. The molecular weight excluding hydrogens is 405 g/mol. The van der Waals surface area contributed by atoms with Crippen LogP contribution in [-0.2, 0) is 12.0 Å². The molecule has 1 saturated carbocycles. The first-order valence-electron chi connectivity index (χ1n) is 9.96. The number of hydrogen-bond donors (Lipinski definition) is 0. The van der Waals surface area contributed by atoms with E-state index in [1.165, 1.54) is 12.1 Å². The molecule has 5 nitrogen and oxygen atoms in total. The highest BCUT2D eigenvalue weighted by atomic mass is 19.4. The Labute approximate surface area is 176 Å². The van der Waals surface area contributed by atoms with Crippen molar-refractivity contribution in [2.75, 3.05) is 0 Å². The zero-order chi connectivity index (χ0) is 21.6. The van der Waals surface area contributed by atoms with Gasteiger partial charge in [-0.1, -0.05) is 59.8 Å². The molecular formula is C23H19F3N4O. The first-order chi connectivity index (χ1) is 14.9. The molecule has 0 saturated heterocycles. The molecule has 31 heavy (non-hydrogen) atoms. The van der Waals surface area contributed by atoms with Gasteiger partial charge >= 0.3 is 6.18 Å². The maximum absolute atomic E-state index is 13.3. The lowest BCUT2D eigenvalue weighted by Gasteiger charge is -2.19. The normalized spacial score (nSPS) is 15.2. The predicted molar refractivity (Wildman–Crippen MR) is 108 cm³/mol. The molecule has 0 unspecified atom stereocenters. The second-order valence-corrected chi connectivity index (χ2v) is 7.89. The topological polar surface area (TPSA) is 56.7 Å². The zero-order valence-corrected chi connectivity index (χ0v) is 16.7. The van der Waals surface area contributed by atoms with Crippen molar-refractivity contribution in [3.63, 3.8) is 0 Å². The standard InChI is InChI=1S/C23H19F3N4O/c1-15-13-19(28-30(15)14-16-5-3-2-4-6-16)21-27-20(29-31-21)17-7-9-18(10-8-17)22(11-12-22)23(24,25)26/h2-10,13H,11-12,14H2,1H3. The largest absolute Gasteiger partial charge is 0.398 e. The average molecular weight is 424 g/mol. The van der Waals surface area contributed by atoms with Crippen LogP contribution in [0.4, 0.5) is 13.2 Å². The minimum atomic E-state index is -4.23. The van der Waals surface area contributed by atoms with E-state index in [4.69, 9.17) is 4.52 Å². The summed E-state index contributed by atoms with van der Waals surface area (Å²) in [4.78, 5) is 4.39. The van der Waals surface area contributed by atoms with Crippen molar-refractivity contribution < 1.29 is 17.7 Å². The van der Waals surface area contributed by atoms with Gasteiger partial charge < -0.3 is 4.52 Å². The summed E-state index contributed by atoms with van der Waals surface area (Å²) in [5.41, 5.74) is 1.80. The van der Waals surface area contributed by atoms with Crippen molar-refractivity contribution in [1.29, 1.82) is 0 Å². The molecule has 4 aromatic rings. The summed E-state index contributed by atoms with van der Waals surface area (Å²) < 4.78 is 47.2. The van der Waals surface area contributed by atoms with E-state index in [0.29, 0.717) is 23.6 Å². The van der Waals surface area contributed by atoms with Crippen LogP contribution in [0.2, 0.25) is 0 Å². The van der Waals surface area contributed by atoms with Crippen molar-refractivity contribution in [3.8, 4) is 23.0 Å². The number of aromatic nitrogens is 4. The molecule has 1 fully saturated rings. The Morgan fingerprint density at radius 3 is 2.39 bits per heavy atom. The van der Waals surface area contributed by atoms with E-state index in [1.807, 2.05) is 48.0 Å². The Bertz CT molecular complexity index is 1210. The van der Waals surface area contributed by atoms with Gasteiger partial charge in [0.15, 0.2) is 5.69 Å². The molecule has 5 rings (SSSR count). The molecule has 0 spiro atoms. The number of rotatable bonds is 5. The minimum absolute atomic E-state index is 0.132. The summed E-state index contributed by atoms with van der Waals surface area (Å²) in [5.74, 6) is 0.580. The predicted octanol–water partition coefficient (Wildman–Crippen LogP) is 5.55. The van der Waals surface area contributed by atoms with Crippen LogP contribution < -0.4 is 0 Å². The molecule has 0 aliphatic heterocycles. The van der Waals surface area contributed by atoms with E-state index in [9.17, 15) is 13.2 Å². The SMILES string of the molecule is Cc1cc(-c2nc(-c3ccc(C4(C(F)(F)F)CC4)cc3)no2)nn1Cc1ccccc1. The lowest BCUT2D eigenvalue weighted by Crippen LogP contribution is -2.28. The first kappa shape index (κ1) is 19.5. The molecule has 0 radical (unpaired) electrons. The number of alkyl halides is 3. The van der Waals surface area contributed by atoms with Crippen LogP contribution in [0.25, 0.3) is 23.0 Å². The Morgan fingerprint density at radius 1 is 1.03 bits per heavy atom. The number of benzene rings is 2. The van der Waals surface area contributed by atoms with Crippen LogP contribution in [0, 0.1) is 6.92 Å². The number of hydrogen-bond acceptors (Lipinski definition) is 4. The van der Waals surface area contributed by atoms with Gasteiger partial charge in [0.25, 0.3) is 5.89 Å². The summed E-state index contributed by atoms with van der Waals surface area (Å²) in [7, 11) is 0. The number of halogens is 3. The van der Waals surface area contributed by atoms with E-state index in [2.05, 4.69) is 15.2 Å². The monoisotopic (exact) mass is 424 g/mol. The van der Waals surface area contributed by atoms with Gasteiger partial charge in [-0.15, -0.1) is 0 Å². The summed E-state index contributed by atoms with van der Waals surface area (Å²) >= 11 is 0. The van der Waals surface area contributed by atoms with Gasteiger partial charge in [0.2, 0.25) is 5.82 Å². The van der Waals surface area contributed by atoms with Crippen LogP contribution in [0.3, 0.4) is 0 Å². The third-order valence-electron chi connectivity index (χ3n) is 5.79. The van der Waals surface area contributed by atoms with E-state index in [-0.39, 0.29) is 24.3 Å². The highest BCUT2D eigenvalue weighted by Crippen LogP contribution is 2.58. The van der Waals surface area contributed by atoms with E-state index in [1.54, 1.807) is 12.1 Å². The van der Waals surface area contributed by atoms with E-state index in [0.717, 1.165) is 11.3 Å². The van der Waals surface area contributed by atoms with Gasteiger partial charge in [0, 0.05) is 11.3 Å². The fourth-order valence-electron chi connectivity index (χ4n) is 3.77. The molecule has 2 heterocycles. The average Bonchev–Trinajstić information content (AvgIpc) is 3.31. The Kier molecular flexibility index (Phi) is 4.46. The van der Waals surface area contributed by atoms with Crippen molar-refractivity contribution in [2.45, 2.75) is 37.9 Å². The van der Waals surface area contributed by atoms with Crippen molar-refractivity contribution in [3.05, 3.63) is 77.5 Å².